The normalized spacial score (nSPS) is 16.2. The van der Waals surface area contributed by atoms with Gasteiger partial charge in [-0.2, -0.15) is 0 Å². The summed E-state index contributed by atoms with van der Waals surface area (Å²) in [5.41, 5.74) is 7.11. The van der Waals surface area contributed by atoms with Gasteiger partial charge in [0.1, 0.15) is 0 Å². The Bertz CT molecular complexity index is 847. The zero-order valence-corrected chi connectivity index (χ0v) is 15.6. The largest absolute Gasteiger partial charge is 0.365 e. The van der Waals surface area contributed by atoms with Crippen LogP contribution >= 0.6 is 11.6 Å². The Morgan fingerprint density at radius 2 is 1.88 bits per heavy atom. The van der Waals surface area contributed by atoms with Crippen molar-refractivity contribution < 1.29 is 0 Å². The van der Waals surface area contributed by atoms with E-state index in [-0.39, 0.29) is 5.54 Å². The first-order valence-corrected chi connectivity index (χ1v) is 8.54. The molecule has 0 saturated heterocycles. The summed E-state index contributed by atoms with van der Waals surface area (Å²) < 4.78 is 0. The quantitative estimate of drug-likeness (QED) is 0.610. The molecular formula is C21H23ClN2. The highest BCUT2D eigenvalue weighted by molar-refractivity contribution is 6.30. The average Bonchev–Trinajstić information content (AvgIpc) is 2.51. The summed E-state index contributed by atoms with van der Waals surface area (Å²) in [5, 5.41) is 0.703. The molecule has 2 aromatic carbocycles. The third-order valence-corrected chi connectivity index (χ3v) is 5.00. The molecule has 0 unspecified atom stereocenters. The van der Waals surface area contributed by atoms with Gasteiger partial charge >= 0.3 is 0 Å². The maximum atomic E-state index is 6.03. The molecule has 0 saturated carbocycles. The highest BCUT2D eigenvalue weighted by Crippen LogP contribution is 2.39. The fraction of sp³-hybridized carbons (Fsp3) is 0.286. The summed E-state index contributed by atoms with van der Waals surface area (Å²) in [6, 6.07) is 12.1. The molecule has 0 radical (unpaired) electrons. The summed E-state index contributed by atoms with van der Waals surface area (Å²) >= 11 is 6.03. The second-order valence-electron chi connectivity index (χ2n) is 7.00. The van der Waals surface area contributed by atoms with Gasteiger partial charge in [-0.25, -0.2) is 0 Å². The Balaban J connectivity index is 2.02. The molecule has 124 valence electrons. The van der Waals surface area contributed by atoms with E-state index in [1.165, 1.54) is 22.4 Å². The Kier molecular flexibility index (Phi) is 4.27. The molecule has 1 heterocycles. The molecule has 2 nitrogen and oxygen atoms in total. The van der Waals surface area contributed by atoms with Gasteiger partial charge in [-0.1, -0.05) is 23.7 Å². The molecule has 1 aliphatic heterocycles. The number of anilines is 1. The van der Waals surface area contributed by atoms with Crippen molar-refractivity contribution in [1.29, 1.82) is 0 Å². The zero-order chi connectivity index (χ0) is 17.5. The standard InChI is InChI=1S/C21H23ClN2/c1-14-9-20-19(15(2)12-21(3,4)24(20)5)10-16(14)13-23-18-8-6-7-17(22)11-18/h6-13H,1-5H3. The van der Waals surface area contributed by atoms with Gasteiger partial charge in [0.15, 0.2) is 0 Å². The van der Waals surface area contributed by atoms with E-state index in [4.69, 9.17) is 11.6 Å². The summed E-state index contributed by atoms with van der Waals surface area (Å²) in [6.45, 7) is 8.79. The number of hydrogen-bond acceptors (Lipinski definition) is 2. The number of hydrogen-bond donors (Lipinski definition) is 0. The molecule has 0 fully saturated rings. The maximum Gasteiger partial charge on any atom is 0.0644 e. The van der Waals surface area contributed by atoms with Crippen LogP contribution in [0.15, 0.2) is 47.5 Å². The Hall–Kier alpha value is -2.06. The van der Waals surface area contributed by atoms with Crippen LogP contribution in [-0.4, -0.2) is 18.8 Å². The van der Waals surface area contributed by atoms with E-state index in [0.717, 1.165) is 11.3 Å². The molecule has 0 bridgehead atoms. The molecule has 3 heteroatoms. The third-order valence-electron chi connectivity index (χ3n) is 4.77. The Labute approximate surface area is 149 Å². The van der Waals surface area contributed by atoms with Crippen LogP contribution in [0.5, 0.6) is 0 Å². The van der Waals surface area contributed by atoms with E-state index >= 15 is 0 Å². The van der Waals surface area contributed by atoms with E-state index in [2.05, 4.69) is 62.8 Å². The topological polar surface area (TPSA) is 15.6 Å². The molecule has 2 aromatic rings. The second kappa shape index (κ2) is 6.10. The summed E-state index contributed by atoms with van der Waals surface area (Å²) in [6.07, 6.45) is 4.25. The Morgan fingerprint density at radius 1 is 1.12 bits per heavy atom. The van der Waals surface area contributed by atoms with Crippen LogP contribution in [0.2, 0.25) is 5.02 Å². The lowest BCUT2D eigenvalue weighted by Crippen LogP contribution is -2.42. The van der Waals surface area contributed by atoms with Crippen molar-refractivity contribution in [2.45, 2.75) is 33.2 Å². The number of likely N-dealkylation sites (N-methyl/N-ethyl adjacent to an activating group) is 1. The second-order valence-corrected chi connectivity index (χ2v) is 7.44. The number of rotatable bonds is 2. The van der Waals surface area contributed by atoms with Crippen LogP contribution in [0.1, 0.15) is 37.5 Å². The van der Waals surface area contributed by atoms with E-state index in [9.17, 15) is 0 Å². The third kappa shape index (κ3) is 3.11. The van der Waals surface area contributed by atoms with Gasteiger partial charge in [0.05, 0.1) is 11.2 Å². The smallest absolute Gasteiger partial charge is 0.0644 e. The van der Waals surface area contributed by atoms with Gasteiger partial charge in [0, 0.05) is 29.5 Å². The molecule has 24 heavy (non-hydrogen) atoms. The fourth-order valence-electron chi connectivity index (χ4n) is 3.16. The number of halogens is 1. The van der Waals surface area contributed by atoms with E-state index < -0.39 is 0 Å². The van der Waals surface area contributed by atoms with E-state index in [1.54, 1.807) is 0 Å². The first-order valence-electron chi connectivity index (χ1n) is 8.16. The van der Waals surface area contributed by atoms with Crippen molar-refractivity contribution in [1.82, 2.24) is 0 Å². The van der Waals surface area contributed by atoms with Crippen molar-refractivity contribution in [3.8, 4) is 0 Å². The molecule has 0 aromatic heterocycles. The maximum absolute atomic E-state index is 6.03. The summed E-state index contributed by atoms with van der Waals surface area (Å²) in [5.74, 6) is 0. The van der Waals surface area contributed by atoms with Crippen molar-refractivity contribution in [3.63, 3.8) is 0 Å². The average molecular weight is 339 g/mol. The van der Waals surface area contributed by atoms with E-state index in [1.807, 2.05) is 30.5 Å². The van der Waals surface area contributed by atoms with Gasteiger partial charge in [0.25, 0.3) is 0 Å². The number of aliphatic imine (C=N–C) groups is 1. The lowest BCUT2D eigenvalue weighted by atomic mass is 9.87. The van der Waals surface area contributed by atoms with Crippen LogP contribution in [0, 0.1) is 6.92 Å². The van der Waals surface area contributed by atoms with Crippen LogP contribution in [-0.2, 0) is 0 Å². The molecule has 3 rings (SSSR count). The van der Waals surface area contributed by atoms with Crippen molar-refractivity contribution in [2.75, 3.05) is 11.9 Å². The number of fused-ring (bicyclic) bond motifs is 1. The SMILES string of the molecule is CC1=CC(C)(C)N(C)c2cc(C)c(C=Nc3cccc(Cl)c3)cc21. The molecule has 1 aliphatic rings. The molecule has 0 N–H and O–H groups in total. The lowest BCUT2D eigenvalue weighted by molar-refractivity contribution is 0.597. The molecular weight excluding hydrogens is 316 g/mol. The lowest BCUT2D eigenvalue weighted by Gasteiger charge is -2.41. The molecule has 0 aliphatic carbocycles. The Morgan fingerprint density at radius 3 is 2.58 bits per heavy atom. The van der Waals surface area contributed by atoms with E-state index in [0.29, 0.717) is 5.02 Å². The van der Waals surface area contributed by atoms with Crippen molar-refractivity contribution in [2.24, 2.45) is 4.99 Å². The number of aryl methyl sites for hydroxylation is 1. The zero-order valence-electron chi connectivity index (χ0n) is 14.9. The van der Waals surface area contributed by atoms with Crippen LogP contribution < -0.4 is 4.90 Å². The molecule has 0 atom stereocenters. The minimum absolute atomic E-state index is 0.0277. The predicted molar refractivity (Wildman–Crippen MR) is 106 cm³/mol. The number of benzene rings is 2. The minimum Gasteiger partial charge on any atom is -0.365 e. The number of allylic oxidation sites excluding steroid dienone is 1. The van der Waals surface area contributed by atoms with Gasteiger partial charge in [-0.3, -0.25) is 4.99 Å². The first kappa shape index (κ1) is 16.8. The monoisotopic (exact) mass is 338 g/mol. The van der Waals surface area contributed by atoms with Gasteiger partial charge < -0.3 is 4.90 Å². The van der Waals surface area contributed by atoms with Crippen LogP contribution in [0.25, 0.3) is 5.57 Å². The van der Waals surface area contributed by atoms with Crippen molar-refractivity contribution >= 4 is 34.8 Å². The molecule has 0 spiro atoms. The summed E-state index contributed by atoms with van der Waals surface area (Å²) in [4.78, 5) is 6.91. The highest BCUT2D eigenvalue weighted by Gasteiger charge is 2.28. The fourth-order valence-corrected chi connectivity index (χ4v) is 3.34. The van der Waals surface area contributed by atoms with Crippen molar-refractivity contribution in [3.05, 3.63) is 64.2 Å². The first-order chi connectivity index (χ1) is 11.3. The highest BCUT2D eigenvalue weighted by atomic mass is 35.5. The van der Waals surface area contributed by atoms with Crippen LogP contribution in [0.3, 0.4) is 0 Å². The van der Waals surface area contributed by atoms with Crippen LogP contribution in [0.4, 0.5) is 11.4 Å². The van der Waals surface area contributed by atoms with Gasteiger partial charge in [-0.15, -0.1) is 0 Å². The number of nitrogens with zero attached hydrogens (tertiary/aromatic N) is 2. The molecule has 0 amide bonds. The van der Waals surface area contributed by atoms with Gasteiger partial charge in [-0.05, 0) is 74.7 Å². The minimum atomic E-state index is 0.0277. The van der Waals surface area contributed by atoms with Gasteiger partial charge in [0.2, 0.25) is 0 Å². The summed E-state index contributed by atoms with van der Waals surface area (Å²) in [7, 11) is 2.15. The predicted octanol–water partition coefficient (Wildman–Crippen LogP) is 6.03.